The van der Waals surface area contributed by atoms with E-state index in [2.05, 4.69) is 5.32 Å². The Morgan fingerprint density at radius 2 is 1.68 bits per heavy atom. The van der Waals surface area contributed by atoms with Gasteiger partial charge in [0, 0.05) is 11.1 Å². The molecule has 0 radical (unpaired) electrons. The summed E-state index contributed by atoms with van der Waals surface area (Å²) in [6.07, 6.45) is 0. The van der Waals surface area contributed by atoms with E-state index in [0.717, 1.165) is 10.1 Å². The molecule has 0 unspecified atom stereocenters. The van der Waals surface area contributed by atoms with E-state index in [9.17, 15) is 14.4 Å². The Hall–Kier alpha value is -4.59. The van der Waals surface area contributed by atoms with Crippen LogP contribution in [-0.4, -0.2) is 22.2 Å². The number of amides is 1. The van der Waals surface area contributed by atoms with Crippen LogP contribution < -0.4 is 21.3 Å². The van der Waals surface area contributed by atoms with E-state index < -0.39 is 17.2 Å². The lowest BCUT2D eigenvalue weighted by Gasteiger charge is -2.12. The monoisotopic (exact) mass is 455 g/mol. The third kappa shape index (κ3) is 3.65. The zero-order valence-corrected chi connectivity index (χ0v) is 18.6. The maximum absolute atomic E-state index is 13.6. The number of hydrogen-bond acceptors (Lipinski definition) is 5. The Kier molecular flexibility index (Phi) is 5.25. The average Bonchev–Trinajstić information content (AvgIpc) is 3.23. The first-order valence-corrected chi connectivity index (χ1v) is 10.6. The quantitative estimate of drug-likeness (QED) is 0.434. The molecule has 0 spiro atoms. The number of aryl methyl sites for hydroxylation is 1. The van der Waals surface area contributed by atoms with E-state index in [1.54, 1.807) is 67.8 Å². The van der Waals surface area contributed by atoms with E-state index in [4.69, 9.17) is 9.15 Å². The molecule has 1 amide bonds. The lowest BCUT2D eigenvalue weighted by atomic mass is 10.2. The summed E-state index contributed by atoms with van der Waals surface area (Å²) in [6.45, 7) is 1.60. The van der Waals surface area contributed by atoms with E-state index in [0.29, 0.717) is 33.6 Å². The van der Waals surface area contributed by atoms with E-state index >= 15 is 0 Å². The molecule has 0 fully saturated rings. The molecule has 5 rings (SSSR count). The van der Waals surface area contributed by atoms with Gasteiger partial charge in [-0.25, -0.2) is 9.36 Å². The predicted octanol–water partition coefficient (Wildman–Crippen LogP) is 3.85. The molecule has 2 heterocycles. The molecule has 3 aromatic carbocycles. The van der Waals surface area contributed by atoms with Gasteiger partial charge in [-0.05, 0) is 55.5 Å². The summed E-state index contributed by atoms with van der Waals surface area (Å²) in [6, 6.07) is 20.9. The highest BCUT2D eigenvalue weighted by molar-refractivity contribution is 6.03. The average molecular weight is 455 g/mol. The van der Waals surface area contributed by atoms with Gasteiger partial charge in [0.1, 0.15) is 23.4 Å². The number of rotatable bonds is 5. The van der Waals surface area contributed by atoms with Gasteiger partial charge in [0.2, 0.25) is 11.5 Å². The minimum Gasteiger partial charge on any atom is -0.497 e. The molecule has 0 saturated heterocycles. The Balaban J connectivity index is 1.67. The largest absolute Gasteiger partial charge is 0.497 e. The van der Waals surface area contributed by atoms with Crippen LogP contribution in [0.5, 0.6) is 5.75 Å². The fourth-order valence-electron chi connectivity index (χ4n) is 3.94. The highest BCUT2D eigenvalue weighted by Crippen LogP contribution is 2.26. The van der Waals surface area contributed by atoms with Crippen LogP contribution in [0.1, 0.15) is 5.56 Å². The summed E-state index contributed by atoms with van der Waals surface area (Å²) in [4.78, 5) is 39.9. The van der Waals surface area contributed by atoms with Gasteiger partial charge in [0.15, 0.2) is 0 Å². The summed E-state index contributed by atoms with van der Waals surface area (Å²) in [5.74, 6) is 0.235. The molecule has 2 aromatic heterocycles. The van der Waals surface area contributed by atoms with Gasteiger partial charge >= 0.3 is 11.2 Å². The van der Waals surface area contributed by atoms with Crippen molar-refractivity contribution in [3.8, 4) is 11.4 Å². The summed E-state index contributed by atoms with van der Waals surface area (Å²) >= 11 is 0. The first-order chi connectivity index (χ1) is 16.5. The highest BCUT2D eigenvalue weighted by Gasteiger charge is 2.22. The van der Waals surface area contributed by atoms with Gasteiger partial charge in [0.25, 0.3) is 0 Å². The number of anilines is 1. The Morgan fingerprint density at radius 3 is 2.38 bits per heavy atom. The van der Waals surface area contributed by atoms with E-state index in [1.165, 1.54) is 4.57 Å². The Labute approximate surface area is 193 Å². The number of carbonyl (C=O) groups excluding carboxylic acids is 1. The summed E-state index contributed by atoms with van der Waals surface area (Å²) in [5, 5.41) is 3.37. The van der Waals surface area contributed by atoms with Crippen molar-refractivity contribution in [3.05, 3.63) is 99.2 Å². The minimum atomic E-state index is -0.627. The van der Waals surface area contributed by atoms with Crippen molar-refractivity contribution in [1.29, 1.82) is 0 Å². The molecule has 5 aromatic rings. The number of hydrogen-bond donors (Lipinski definition) is 1. The van der Waals surface area contributed by atoms with Crippen LogP contribution in [0.3, 0.4) is 0 Å². The zero-order chi connectivity index (χ0) is 23.8. The lowest BCUT2D eigenvalue weighted by molar-refractivity contribution is -0.116. The maximum Gasteiger partial charge on any atom is 0.336 e. The van der Waals surface area contributed by atoms with Crippen molar-refractivity contribution in [3.63, 3.8) is 0 Å². The Bertz CT molecular complexity index is 1640. The number of nitrogens with zero attached hydrogens (tertiary/aromatic N) is 2. The fraction of sp³-hybridized carbons (Fsp3) is 0.115. The number of methoxy groups -OCH3 is 1. The summed E-state index contributed by atoms with van der Waals surface area (Å²) in [5.41, 5.74) is 1.49. The molecule has 1 N–H and O–H groups in total. The second kappa shape index (κ2) is 8.40. The van der Waals surface area contributed by atoms with Crippen LogP contribution in [0.4, 0.5) is 5.69 Å². The maximum atomic E-state index is 13.6. The lowest BCUT2D eigenvalue weighted by Crippen LogP contribution is -2.40. The van der Waals surface area contributed by atoms with Crippen molar-refractivity contribution >= 4 is 33.7 Å². The molecule has 8 heteroatoms. The number of para-hydroxylation sites is 1. The van der Waals surface area contributed by atoms with Gasteiger partial charge in [-0.1, -0.05) is 29.8 Å². The van der Waals surface area contributed by atoms with Crippen molar-refractivity contribution in [2.24, 2.45) is 0 Å². The van der Waals surface area contributed by atoms with Crippen LogP contribution in [0.25, 0.3) is 27.8 Å². The number of aromatic nitrogens is 2. The number of fused-ring (bicyclic) bond motifs is 3. The van der Waals surface area contributed by atoms with Crippen molar-refractivity contribution in [1.82, 2.24) is 9.13 Å². The third-order valence-corrected chi connectivity index (χ3v) is 5.63. The molecule has 170 valence electrons. The second-order valence-corrected chi connectivity index (χ2v) is 7.90. The molecule has 0 aliphatic heterocycles. The van der Waals surface area contributed by atoms with Gasteiger partial charge in [-0.2, -0.15) is 0 Å². The number of benzene rings is 3. The second-order valence-electron chi connectivity index (χ2n) is 7.90. The van der Waals surface area contributed by atoms with Crippen LogP contribution in [0.15, 0.2) is 86.8 Å². The summed E-state index contributed by atoms with van der Waals surface area (Å²) < 4.78 is 13.3. The smallest absolute Gasteiger partial charge is 0.336 e. The standard InChI is InChI=1S/C26H21N3O5/c1-16-7-11-18(12-8-16)29-25(31)24-23(20-5-3-4-6-21(20)34-24)28(26(29)32)15-22(30)27-17-9-13-19(33-2)14-10-17/h3-14H,15H2,1-2H3,(H,27,30). The first kappa shape index (κ1) is 21.3. The van der Waals surface area contributed by atoms with Gasteiger partial charge in [-0.3, -0.25) is 14.2 Å². The Morgan fingerprint density at radius 1 is 0.971 bits per heavy atom. The topological polar surface area (TPSA) is 95.5 Å². The SMILES string of the molecule is COc1ccc(NC(=O)Cn2c(=O)n(-c3ccc(C)cc3)c(=O)c3oc4ccccc4c32)cc1. The number of furan rings is 1. The number of carbonyl (C=O) groups is 1. The van der Waals surface area contributed by atoms with Crippen LogP contribution >= 0.6 is 0 Å². The van der Waals surface area contributed by atoms with E-state index in [1.807, 2.05) is 19.1 Å². The van der Waals surface area contributed by atoms with Crippen LogP contribution in [0.2, 0.25) is 0 Å². The molecule has 34 heavy (non-hydrogen) atoms. The number of nitrogens with one attached hydrogen (secondary N) is 1. The molecular weight excluding hydrogens is 434 g/mol. The van der Waals surface area contributed by atoms with Gasteiger partial charge < -0.3 is 14.5 Å². The van der Waals surface area contributed by atoms with Crippen LogP contribution in [-0.2, 0) is 11.3 Å². The molecule has 8 nitrogen and oxygen atoms in total. The molecule has 0 aliphatic rings. The van der Waals surface area contributed by atoms with Crippen molar-refractivity contribution in [2.45, 2.75) is 13.5 Å². The predicted molar refractivity (Wildman–Crippen MR) is 130 cm³/mol. The van der Waals surface area contributed by atoms with E-state index in [-0.39, 0.29) is 12.1 Å². The molecule has 0 saturated carbocycles. The first-order valence-electron chi connectivity index (χ1n) is 10.6. The zero-order valence-electron chi connectivity index (χ0n) is 18.6. The van der Waals surface area contributed by atoms with Crippen LogP contribution in [0, 0.1) is 6.92 Å². The molecule has 0 bridgehead atoms. The molecule has 0 aliphatic carbocycles. The number of ether oxygens (including phenoxy) is 1. The van der Waals surface area contributed by atoms with Crippen molar-refractivity contribution in [2.75, 3.05) is 12.4 Å². The minimum absolute atomic E-state index is 0.0126. The molecule has 0 atom stereocenters. The third-order valence-electron chi connectivity index (χ3n) is 5.63. The van der Waals surface area contributed by atoms with Crippen molar-refractivity contribution < 1.29 is 13.9 Å². The van der Waals surface area contributed by atoms with Gasteiger partial charge in [0.05, 0.1) is 12.8 Å². The normalized spacial score (nSPS) is 11.1. The van der Waals surface area contributed by atoms with Gasteiger partial charge in [-0.15, -0.1) is 0 Å². The molecular formula is C26H21N3O5. The summed E-state index contributed by atoms with van der Waals surface area (Å²) in [7, 11) is 1.56. The fourth-order valence-corrected chi connectivity index (χ4v) is 3.94. The highest BCUT2D eigenvalue weighted by atomic mass is 16.5.